The molecule has 0 radical (unpaired) electrons. The second-order valence-corrected chi connectivity index (χ2v) is 12.0. The molecule has 5 aromatic rings. The number of rotatable bonds is 4. The van der Waals surface area contributed by atoms with Crippen molar-refractivity contribution in [2.75, 3.05) is 0 Å². The van der Waals surface area contributed by atoms with Crippen LogP contribution >= 0.6 is 0 Å². The Hall–Kier alpha value is -4.30. The van der Waals surface area contributed by atoms with Crippen molar-refractivity contribution in [2.24, 2.45) is 0 Å². The van der Waals surface area contributed by atoms with Gasteiger partial charge in [-0.1, -0.05) is 21.0 Å². The molecule has 0 aliphatic rings. The molecule has 238 valence electrons. The fraction of sp³-hybridized carbons (Fsp3) is 0. The first-order chi connectivity index (χ1) is 21.4. The van der Waals surface area contributed by atoms with E-state index in [-0.39, 0.29) is 18.2 Å². The van der Waals surface area contributed by atoms with E-state index in [9.17, 15) is 57.1 Å². The molecule has 0 amide bonds. The third kappa shape index (κ3) is 4.60. The number of hydrogen-bond acceptors (Lipinski definition) is 0. The summed E-state index contributed by atoms with van der Waals surface area (Å²) in [6.45, 7) is 0. The Kier molecular flexibility index (Phi) is 8.27. The van der Waals surface area contributed by atoms with Crippen molar-refractivity contribution in [3.8, 4) is 11.1 Å². The Morgan fingerprint density at radius 3 is 1.15 bits per heavy atom. The largest absolute Gasteiger partial charge is 0.400 e. The highest BCUT2D eigenvalue weighted by molar-refractivity contribution is 6.97. The molecule has 0 atom stereocenters. The molecule has 0 nitrogen and oxygen atoms in total. The summed E-state index contributed by atoms with van der Waals surface area (Å²) in [6, 6.07) is 0.992. The van der Waals surface area contributed by atoms with Gasteiger partial charge in [-0.3, -0.25) is 0 Å². The Labute approximate surface area is 247 Å². The standard InChI is InChI=1S/C12F9.C10H4F3.C6F5.Al/c13-3-1-2(5(14)9(18)6(3)15)4-7(16)10(19)12(21)11(20)8(4)17;11-7-3-1-2-6-4-5-8(12)10(13)9(6)7;7-2-1-3(8)5(10)6(11)4(2)9;/h;1,3-5H;;. The number of hydrogen-bond donors (Lipinski definition) is 0. The second kappa shape index (κ2) is 11.5. The highest BCUT2D eigenvalue weighted by atomic mass is 27.2. The molecule has 46 heavy (non-hydrogen) atoms. The summed E-state index contributed by atoms with van der Waals surface area (Å²) < 4.78 is 244. The zero-order valence-corrected chi connectivity index (χ0v) is 22.5. The normalized spacial score (nSPS) is 11.6. The van der Waals surface area contributed by atoms with Gasteiger partial charge in [0.2, 0.25) is 5.82 Å². The summed E-state index contributed by atoms with van der Waals surface area (Å²) in [5.41, 5.74) is -5.07. The monoisotopic (exact) mass is 690 g/mol. The van der Waals surface area contributed by atoms with E-state index in [1.54, 1.807) is 0 Å². The van der Waals surface area contributed by atoms with Gasteiger partial charge in [0.25, 0.3) is 0 Å². The van der Waals surface area contributed by atoms with Crippen LogP contribution in [0.15, 0.2) is 24.3 Å². The van der Waals surface area contributed by atoms with Crippen LogP contribution in [0.25, 0.3) is 21.9 Å². The third-order valence-electron chi connectivity index (χ3n) is 6.95. The van der Waals surface area contributed by atoms with Crippen LogP contribution in [-0.2, 0) is 0 Å². The predicted octanol–water partition coefficient (Wildman–Crippen LogP) is 7.39. The third-order valence-corrected chi connectivity index (χ3v) is 10.3. The Morgan fingerprint density at radius 1 is 0.304 bits per heavy atom. The minimum Gasteiger partial charge on any atom is -0.206 e. The molecule has 0 unspecified atom stereocenters. The van der Waals surface area contributed by atoms with E-state index in [0.717, 1.165) is 0 Å². The molecule has 0 saturated heterocycles. The van der Waals surface area contributed by atoms with Crippen LogP contribution in [0.3, 0.4) is 0 Å². The minimum atomic E-state index is -5.63. The van der Waals surface area contributed by atoms with Crippen molar-refractivity contribution in [2.45, 2.75) is 0 Å². The average molecular weight is 690 g/mol. The molecular formula is C28H4AlF17. The zero-order chi connectivity index (χ0) is 34.3. The van der Waals surface area contributed by atoms with Crippen LogP contribution in [0, 0.1) is 98.9 Å². The molecule has 0 heterocycles. The van der Waals surface area contributed by atoms with E-state index in [0.29, 0.717) is 6.07 Å². The van der Waals surface area contributed by atoms with E-state index in [1.165, 1.54) is 0 Å². The molecule has 0 saturated carbocycles. The van der Waals surface area contributed by atoms with Gasteiger partial charge in [-0.05, 0) is 21.9 Å². The Balaban J connectivity index is 2.13. The van der Waals surface area contributed by atoms with Crippen molar-refractivity contribution >= 4 is 38.2 Å². The van der Waals surface area contributed by atoms with Crippen molar-refractivity contribution in [1.82, 2.24) is 0 Å². The summed E-state index contributed by atoms with van der Waals surface area (Å²) >= 11 is -5.63. The van der Waals surface area contributed by atoms with Crippen LogP contribution in [0.4, 0.5) is 74.6 Å². The summed E-state index contributed by atoms with van der Waals surface area (Å²) in [7, 11) is 0. The smallest absolute Gasteiger partial charge is 0.206 e. The molecular weight excluding hydrogens is 686 g/mol. The van der Waals surface area contributed by atoms with Gasteiger partial charge in [0, 0.05) is 5.56 Å². The molecule has 0 fully saturated rings. The molecule has 0 spiro atoms. The molecule has 0 aliphatic heterocycles. The summed E-state index contributed by atoms with van der Waals surface area (Å²) in [5, 5.41) is -2.59. The Bertz CT molecular complexity index is 2090. The van der Waals surface area contributed by atoms with Crippen LogP contribution in [0.2, 0.25) is 0 Å². The summed E-state index contributed by atoms with van der Waals surface area (Å²) in [6.07, 6.45) is 0. The topological polar surface area (TPSA) is 0 Å². The molecule has 18 heteroatoms. The van der Waals surface area contributed by atoms with Gasteiger partial charge in [-0.15, -0.1) is 0 Å². The lowest BCUT2D eigenvalue weighted by Gasteiger charge is -2.23. The van der Waals surface area contributed by atoms with E-state index in [4.69, 9.17) is 0 Å². The van der Waals surface area contributed by atoms with Crippen LogP contribution < -0.4 is 13.3 Å². The second-order valence-electron chi connectivity index (χ2n) is 9.33. The molecule has 0 N–H and O–H groups in total. The predicted molar refractivity (Wildman–Crippen MR) is 126 cm³/mol. The van der Waals surface area contributed by atoms with Gasteiger partial charge < -0.3 is 0 Å². The van der Waals surface area contributed by atoms with Gasteiger partial charge in [-0.25, -0.2) is 74.6 Å². The van der Waals surface area contributed by atoms with Gasteiger partial charge in [0.05, 0.1) is 10.9 Å². The van der Waals surface area contributed by atoms with Crippen molar-refractivity contribution in [3.63, 3.8) is 0 Å². The van der Waals surface area contributed by atoms with E-state index >= 15 is 17.6 Å². The number of fused-ring (bicyclic) bond motifs is 1. The summed E-state index contributed by atoms with van der Waals surface area (Å²) in [5.74, 6) is -46.7. The molecule has 0 aromatic heterocycles. The fourth-order valence-electron chi connectivity index (χ4n) is 4.93. The maximum Gasteiger partial charge on any atom is 0.400 e. The van der Waals surface area contributed by atoms with Gasteiger partial charge in [-0.2, -0.15) is 0 Å². The lowest BCUT2D eigenvalue weighted by atomic mass is 10.0. The van der Waals surface area contributed by atoms with Crippen LogP contribution in [-0.4, -0.2) is 14.1 Å². The van der Waals surface area contributed by atoms with Crippen molar-refractivity contribution < 1.29 is 74.6 Å². The minimum absolute atomic E-state index is 0.137. The fourth-order valence-corrected chi connectivity index (χ4v) is 8.38. The van der Waals surface area contributed by atoms with Crippen LogP contribution in [0.1, 0.15) is 0 Å². The van der Waals surface area contributed by atoms with Gasteiger partial charge in [0.15, 0.2) is 87.3 Å². The van der Waals surface area contributed by atoms with Gasteiger partial charge >= 0.3 is 14.1 Å². The number of benzene rings is 5. The maximum absolute atomic E-state index is 15.8. The first-order valence-corrected chi connectivity index (χ1v) is 13.6. The van der Waals surface area contributed by atoms with Crippen molar-refractivity contribution in [1.29, 1.82) is 0 Å². The lowest BCUT2D eigenvalue weighted by Crippen LogP contribution is -2.58. The first kappa shape index (κ1) is 33.1. The SMILES string of the molecule is Fc1ccc2[c]([Al]([c]3c(F)c(F)c(F)c(F)c3F)[c]3c(F)c(F)c(F)c(F)c3-c3c(F)c(F)c(F)c(F)c3F)ccc(F)c2c1F. The van der Waals surface area contributed by atoms with E-state index < -0.39 is 148 Å². The Morgan fingerprint density at radius 2 is 0.674 bits per heavy atom. The van der Waals surface area contributed by atoms with Crippen molar-refractivity contribution in [3.05, 3.63) is 123 Å². The summed E-state index contributed by atoms with van der Waals surface area (Å²) in [4.78, 5) is 0. The highest BCUT2D eigenvalue weighted by Gasteiger charge is 2.45. The average Bonchev–Trinajstić information content (AvgIpc) is 3.03. The lowest BCUT2D eigenvalue weighted by molar-refractivity contribution is 0.379. The first-order valence-electron chi connectivity index (χ1n) is 11.9. The quantitative estimate of drug-likeness (QED) is 0.0800. The van der Waals surface area contributed by atoms with E-state index in [2.05, 4.69) is 0 Å². The zero-order valence-electron chi connectivity index (χ0n) is 21.3. The molecule has 5 rings (SSSR count). The van der Waals surface area contributed by atoms with Gasteiger partial charge in [0.1, 0.15) is 5.82 Å². The van der Waals surface area contributed by atoms with E-state index in [1.807, 2.05) is 0 Å². The molecule has 0 aliphatic carbocycles. The maximum atomic E-state index is 15.8. The molecule has 5 aromatic carbocycles. The highest BCUT2D eigenvalue weighted by Crippen LogP contribution is 2.35. The van der Waals surface area contributed by atoms with Crippen LogP contribution in [0.5, 0.6) is 0 Å². The number of halogens is 17. The molecule has 0 bridgehead atoms.